The Balaban J connectivity index is -0.000000153. The zero-order valence-electron chi connectivity index (χ0n) is 9.10. The Morgan fingerprint density at radius 1 is 1.00 bits per heavy atom. The molecule has 0 aromatic carbocycles. The molecule has 0 rings (SSSR count). The normalized spacial score (nSPS) is 13.1. The molecule has 2 atom stereocenters. The molecule has 0 saturated carbocycles. The van der Waals surface area contributed by atoms with Gasteiger partial charge in [-0.1, -0.05) is 13.8 Å². The van der Waals surface area contributed by atoms with Gasteiger partial charge in [-0.3, -0.25) is 0 Å². The SMILES string of the molecule is CC[C@H](N)CO.CC[C@H](N)CO.[I][Pt][I]. The zero-order valence-corrected chi connectivity index (χ0v) is 15.7. The molecule has 0 unspecified atom stereocenters. The van der Waals surface area contributed by atoms with E-state index in [9.17, 15) is 0 Å². The summed E-state index contributed by atoms with van der Waals surface area (Å²) >= 11 is 5.30. The van der Waals surface area contributed by atoms with Crippen molar-refractivity contribution in [3.8, 4) is 0 Å². The molecule has 6 N–H and O–H groups in total. The van der Waals surface area contributed by atoms with Crippen LogP contribution in [-0.4, -0.2) is 35.5 Å². The summed E-state index contributed by atoms with van der Waals surface area (Å²) in [6, 6.07) is -0.0185. The van der Waals surface area contributed by atoms with Crippen LogP contribution in [0.4, 0.5) is 0 Å². The van der Waals surface area contributed by atoms with Crippen LogP contribution in [0, 0.1) is 0 Å². The Bertz CT molecular complexity index is 86.7. The molecule has 0 spiro atoms. The van der Waals surface area contributed by atoms with Gasteiger partial charge in [-0.05, 0) is 12.8 Å². The molecule has 0 aromatic rings. The first-order chi connectivity index (χ1) is 7.03. The summed E-state index contributed by atoms with van der Waals surface area (Å²) in [4.78, 5) is 0. The quantitative estimate of drug-likeness (QED) is 0.353. The molecule has 0 aliphatic rings. The van der Waals surface area contributed by atoms with Crippen molar-refractivity contribution in [3.63, 3.8) is 0 Å². The van der Waals surface area contributed by atoms with E-state index in [0.717, 1.165) is 12.8 Å². The van der Waals surface area contributed by atoms with E-state index in [1.54, 1.807) is 0 Å². The number of halogens is 2. The fourth-order valence-electron chi connectivity index (χ4n) is 0.258. The standard InChI is InChI=1S/2C4H11NO.2HI.Pt/c2*1-2-4(5)3-6;;;/h2*4,6H,2-3,5H2,1H3;2*1H;/q;;;;+2/p-2/t2*4-;;;/m00.../s1. The first-order valence-corrected chi connectivity index (χ1v) is 17.5. The average Bonchev–Trinajstić information content (AvgIpc) is 2.28. The van der Waals surface area contributed by atoms with Crippen molar-refractivity contribution in [2.45, 2.75) is 38.8 Å². The molecule has 100 valence electrons. The fourth-order valence-corrected chi connectivity index (χ4v) is 0.258. The van der Waals surface area contributed by atoms with Crippen molar-refractivity contribution in [1.82, 2.24) is 0 Å². The monoisotopic (exact) mass is 627 g/mol. The van der Waals surface area contributed by atoms with E-state index in [1.165, 1.54) is 0 Å². The maximum atomic E-state index is 8.21. The van der Waals surface area contributed by atoms with Crippen LogP contribution in [0.25, 0.3) is 0 Å². The van der Waals surface area contributed by atoms with E-state index >= 15 is 0 Å². The zero-order chi connectivity index (χ0) is 12.7. The third kappa shape index (κ3) is 31.4. The van der Waals surface area contributed by atoms with Crippen molar-refractivity contribution < 1.29 is 21.4 Å². The number of aliphatic hydroxyl groups excluding tert-OH is 2. The van der Waals surface area contributed by atoms with Gasteiger partial charge in [0.05, 0.1) is 13.2 Å². The molecule has 0 saturated heterocycles. The number of rotatable bonds is 4. The summed E-state index contributed by atoms with van der Waals surface area (Å²) in [5.74, 6) is 0. The third-order valence-corrected chi connectivity index (χ3v) is 1.52. The Hall–Kier alpha value is 1.99. The minimum atomic E-state index is -0.00926. The molecule has 0 aromatic heterocycles. The number of nitrogens with two attached hydrogens (primary N) is 2. The second-order valence-corrected chi connectivity index (χ2v) is 19.3. The molecule has 0 amide bonds. The van der Waals surface area contributed by atoms with Gasteiger partial charge in [-0.15, -0.1) is 0 Å². The predicted molar refractivity (Wildman–Crippen MR) is 78.7 cm³/mol. The van der Waals surface area contributed by atoms with E-state index < -0.39 is 0 Å². The molecular formula is C8H22I2N2O2Pt. The fraction of sp³-hybridized carbons (Fsp3) is 1.00. The summed E-state index contributed by atoms with van der Waals surface area (Å²) < 4.78 is 0. The molecule has 0 aliphatic heterocycles. The third-order valence-electron chi connectivity index (χ3n) is 1.52. The maximum absolute atomic E-state index is 8.21. The van der Waals surface area contributed by atoms with Gasteiger partial charge < -0.3 is 21.7 Å². The molecule has 0 fully saturated rings. The van der Waals surface area contributed by atoms with E-state index in [-0.39, 0.29) is 25.3 Å². The average molecular weight is 627 g/mol. The summed E-state index contributed by atoms with van der Waals surface area (Å²) in [5.41, 5.74) is 10.4. The Kier molecular flexibility index (Phi) is 31.5. The summed E-state index contributed by atoms with van der Waals surface area (Å²) in [7, 11) is 0. The van der Waals surface area contributed by atoms with Crippen molar-refractivity contribution >= 4 is 38.7 Å². The first-order valence-electron chi connectivity index (χ1n) is 4.59. The van der Waals surface area contributed by atoms with Crippen LogP contribution < -0.4 is 11.5 Å². The van der Waals surface area contributed by atoms with Crippen LogP contribution in [0.15, 0.2) is 0 Å². The predicted octanol–water partition coefficient (Wildman–Crippen LogP) is 1.20. The summed E-state index contributed by atoms with van der Waals surface area (Å²) in [6.45, 7) is 4.11. The Morgan fingerprint density at radius 3 is 1.20 bits per heavy atom. The van der Waals surface area contributed by atoms with Gasteiger partial charge in [0.2, 0.25) is 0 Å². The van der Waals surface area contributed by atoms with Crippen LogP contribution in [0.3, 0.4) is 0 Å². The Labute approximate surface area is 122 Å². The molecule has 0 aliphatic carbocycles. The molecule has 0 radical (unpaired) electrons. The number of hydrogen-bond acceptors (Lipinski definition) is 4. The van der Waals surface area contributed by atoms with Crippen LogP contribution in [0.1, 0.15) is 26.7 Å². The second kappa shape index (κ2) is 21.3. The van der Waals surface area contributed by atoms with E-state index in [0.29, 0.717) is 11.2 Å². The van der Waals surface area contributed by atoms with Gasteiger partial charge in [0, 0.05) is 12.1 Å². The second-order valence-electron chi connectivity index (χ2n) is 2.75. The van der Waals surface area contributed by atoms with E-state index in [4.69, 9.17) is 21.7 Å². The van der Waals surface area contributed by atoms with Crippen LogP contribution >= 0.6 is 38.7 Å². The molecule has 15 heavy (non-hydrogen) atoms. The molecule has 7 heteroatoms. The van der Waals surface area contributed by atoms with Gasteiger partial charge in [-0.25, -0.2) is 0 Å². The number of aliphatic hydroxyl groups is 2. The van der Waals surface area contributed by atoms with E-state index in [2.05, 4.69) is 38.7 Å². The minimum absolute atomic E-state index is 0.00926. The van der Waals surface area contributed by atoms with Crippen LogP contribution in [0.5, 0.6) is 0 Å². The number of hydrogen-bond donors (Lipinski definition) is 4. The van der Waals surface area contributed by atoms with Crippen molar-refractivity contribution in [2.24, 2.45) is 11.5 Å². The van der Waals surface area contributed by atoms with Crippen molar-refractivity contribution in [3.05, 3.63) is 0 Å². The van der Waals surface area contributed by atoms with Gasteiger partial charge >= 0.3 is 49.9 Å². The summed E-state index contributed by atoms with van der Waals surface area (Å²) in [5, 5.41) is 16.4. The topological polar surface area (TPSA) is 92.5 Å². The van der Waals surface area contributed by atoms with Gasteiger partial charge in [0.1, 0.15) is 0 Å². The van der Waals surface area contributed by atoms with Crippen molar-refractivity contribution in [1.29, 1.82) is 0 Å². The molecule has 0 heterocycles. The molecule has 0 bridgehead atoms. The first kappa shape index (κ1) is 22.2. The molecular weight excluding hydrogens is 605 g/mol. The van der Waals surface area contributed by atoms with Gasteiger partial charge in [0.25, 0.3) is 0 Å². The van der Waals surface area contributed by atoms with Gasteiger partial charge in [0.15, 0.2) is 0 Å². The van der Waals surface area contributed by atoms with Crippen molar-refractivity contribution in [2.75, 3.05) is 13.2 Å². The van der Waals surface area contributed by atoms with Gasteiger partial charge in [-0.2, -0.15) is 0 Å². The molecule has 4 nitrogen and oxygen atoms in total. The Morgan fingerprint density at radius 2 is 1.20 bits per heavy atom. The summed E-state index contributed by atoms with van der Waals surface area (Å²) in [6.07, 6.45) is 1.72. The van der Waals surface area contributed by atoms with E-state index in [1.807, 2.05) is 13.8 Å². The van der Waals surface area contributed by atoms with Crippen LogP contribution in [-0.2, 0) is 11.2 Å². The van der Waals surface area contributed by atoms with Crippen LogP contribution in [0.2, 0.25) is 0 Å².